The van der Waals surface area contributed by atoms with Crippen molar-refractivity contribution < 1.29 is 4.74 Å². The van der Waals surface area contributed by atoms with Crippen molar-refractivity contribution in [3.05, 3.63) is 35.9 Å². The number of nitrogens with two attached hydrogens (primary N) is 1. The van der Waals surface area contributed by atoms with Gasteiger partial charge in [0.15, 0.2) is 0 Å². The summed E-state index contributed by atoms with van der Waals surface area (Å²) < 4.78 is 5.72. The van der Waals surface area contributed by atoms with Gasteiger partial charge in [0, 0.05) is 31.8 Å². The fraction of sp³-hybridized carbons (Fsp3) is 0.625. The van der Waals surface area contributed by atoms with Crippen molar-refractivity contribution in [2.24, 2.45) is 5.73 Å². The summed E-state index contributed by atoms with van der Waals surface area (Å²) in [5.41, 5.74) is 7.55. The number of benzene rings is 1. The Bertz CT molecular complexity index is 358. The lowest BCUT2D eigenvalue weighted by molar-refractivity contribution is 0.00119. The van der Waals surface area contributed by atoms with Crippen LogP contribution in [0.2, 0.25) is 0 Å². The van der Waals surface area contributed by atoms with Crippen LogP contribution in [0.4, 0.5) is 0 Å². The summed E-state index contributed by atoms with van der Waals surface area (Å²) in [6, 6.07) is 11.1. The van der Waals surface area contributed by atoms with Crippen LogP contribution in [0.3, 0.4) is 0 Å². The van der Waals surface area contributed by atoms with Gasteiger partial charge in [-0.25, -0.2) is 0 Å². The molecule has 1 aromatic rings. The van der Waals surface area contributed by atoms with Crippen molar-refractivity contribution in [3.63, 3.8) is 0 Å². The van der Waals surface area contributed by atoms with E-state index in [2.05, 4.69) is 49.1 Å². The van der Waals surface area contributed by atoms with E-state index >= 15 is 0 Å². The fourth-order valence-corrected chi connectivity index (χ4v) is 3.05. The van der Waals surface area contributed by atoms with Gasteiger partial charge in [-0.1, -0.05) is 30.3 Å². The standard InChI is InChI=1S/C16H26N2O/c1-3-19-15-9-11-18(12-10-15)16(13(2)17)14-7-5-4-6-8-14/h4-8,13,15-16H,3,9-12,17H2,1-2H3. The van der Waals surface area contributed by atoms with E-state index in [0.29, 0.717) is 12.1 Å². The molecule has 3 nitrogen and oxygen atoms in total. The zero-order chi connectivity index (χ0) is 13.7. The summed E-state index contributed by atoms with van der Waals surface area (Å²) in [5.74, 6) is 0. The van der Waals surface area contributed by atoms with Crippen molar-refractivity contribution >= 4 is 0 Å². The van der Waals surface area contributed by atoms with Crippen LogP contribution in [0, 0.1) is 0 Å². The summed E-state index contributed by atoms with van der Waals surface area (Å²) >= 11 is 0. The number of hydrogen-bond acceptors (Lipinski definition) is 3. The molecule has 0 amide bonds. The highest BCUT2D eigenvalue weighted by atomic mass is 16.5. The van der Waals surface area contributed by atoms with E-state index in [4.69, 9.17) is 10.5 Å². The van der Waals surface area contributed by atoms with E-state index in [1.54, 1.807) is 0 Å². The van der Waals surface area contributed by atoms with Gasteiger partial charge in [-0.2, -0.15) is 0 Å². The second-order valence-electron chi connectivity index (χ2n) is 5.41. The molecule has 0 saturated carbocycles. The molecule has 2 atom stereocenters. The first kappa shape index (κ1) is 14.5. The predicted molar refractivity (Wildman–Crippen MR) is 79.1 cm³/mol. The number of piperidine rings is 1. The Morgan fingerprint density at radius 3 is 2.42 bits per heavy atom. The Balaban J connectivity index is 2.02. The third-order valence-corrected chi connectivity index (χ3v) is 3.91. The third kappa shape index (κ3) is 3.78. The summed E-state index contributed by atoms with van der Waals surface area (Å²) in [7, 11) is 0. The van der Waals surface area contributed by atoms with Crippen molar-refractivity contribution in [2.45, 2.75) is 44.9 Å². The monoisotopic (exact) mass is 262 g/mol. The molecule has 1 aromatic carbocycles. The van der Waals surface area contributed by atoms with Gasteiger partial charge in [-0.15, -0.1) is 0 Å². The highest BCUT2D eigenvalue weighted by molar-refractivity contribution is 5.20. The summed E-state index contributed by atoms with van der Waals surface area (Å²) in [6.45, 7) is 7.14. The normalized spacial score (nSPS) is 21.2. The zero-order valence-electron chi connectivity index (χ0n) is 12.1. The molecule has 1 aliphatic rings. The van der Waals surface area contributed by atoms with E-state index in [-0.39, 0.29) is 6.04 Å². The molecule has 19 heavy (non-hydrogen) atoms. The summed E-state index contributed by atoms with van der Waals surface area (Å²) in [5, 5.41) is 0. The van der Waals surface area contributed by atoms with Crippen LogP contribution >= 0.6 is 0 Å². The molecule has 1 saturated heterocycles. The van der Waals surface area contributed by atoms with Gasteiger partial charge in [0.25, 0.3) is 0 Å². The Hall–Kier alpha value is -0.900. The molecule has 3 heteroatoms. The molecule has 106 valence electrons. The van der Waals surface area contributed by atoms with Gasteiger partial charge < -0.3 is 10.5 Å². The first-order valence-electron chi connectivity index (χ1n) is 7.38. The van der Waals surface area contributed by atoms with Gasteiger partial charge in [-0.3, -0.25) is 4.90 Å². The van der Waals surface area contributed by atoms with E-state index in [1.165, 1.54) is 5.56 Å². The Morgan fingerprint density at radius 2 is 1.89 bits per heavy atom. The second-order valence-corrected chi connectivity index (χ2v) is 5.41. The van der Waals surface area contributed by atoms with Crippen molar-refractivity contribution in [2.75, 3.05) is 19.7 Å². The minimum absolute atomic E-state index is 0.144. The van der Waals surface area contributed by atoms with Crippen LogP contribution in [-0.2, 0) is 4.74 Å². The molecule has 0 aliphatic carbocycles. The summed E-state index contributed by atoms with van der Waals surface area (Å²) in [6.07, 6.45) is 2.67. The van der Waals surface area contributed by atoms with Crippen LogP contribution in [0.5, 0.6) is 0 Å². The number of hydrogen-bond donors (Lipinski definition) is 1. The molecular weight excluding hydrogens is 236 g/mol. The number of nitrogens with zero attached hydrogens (tertiary/aromatic N) is 1. The minimum Gasteiger partial charge on any atom is -0.378 e. The quantitative estimate of drug-likeness (QED) is 0.886. The van der Waals surface area contributed by atoms with Gasteiger partial charge in [-0.05, 0) is 32.3 Å². The number of rotatable bonds is 5. The molecule has 1 aliphatic heterocycles. The zero-order valence-corrected chi connectivity index (χ0v) is 12.1. The topological polar surface area (TPSA) is 38.5 Å². The molecule has 0 spiro atoms. The highest BCUT2D eigenvalue weighted by Gasteiger charge is 2.28. The second kappa shape index (κ2) is 7.04. The van der Waals surface area contributed by atoms with E-state index in [0.717, 1.165) is 32.5 Å². The number of ether oxygens (including phenoxy) is 1. The molecule has 0 radical (unpaired) electrons. The van der Waals surface area contributed by atoms with E-state index in [1.807, 2.05) is 0 Å². The Labute approximate surface area is 116 Å². The SMILES string of the molecule is CCOC1CCN(C(c2ccccc2)C(C)N)CC1. The molecule has 0 bridgehead atoms. The van der Waals surface area contributed by atoms with Gasteiger partial charge >= 0.3 is 0 Å². The lowest BCUT2D eigenvalue weighted by atomic mass is 9.96. The molecule has 2 N–H and O–H groups in total. The first-order valence-corrected chi connectivity index (χ1v) is 7.38. The van der Waals surface area contributed by atoms with Gasteiger partial charge in [0.2, 0.25) is 0 Å². The summed E-state index contributed by atoms with van der Waals surface area (Å²) in [4.78, 5) is 2.51. The molecule has 0 aromatic heterocycles. The van der Waals surface area contributed by atoms with Gasteiger partial charge in [0.1, 0.15) is 0 Å². The average Bonchev–Trinajstić information content (AvgIpc) is 2.42. The maximum atomic E-state index is 6.22. The van der Waals surface area contributed by atoms with Crippen LogP contribution in [-0.4, -0.2) is 36.7 Å². The molecule has 1 fully saturated rings. The van der Waals surface area contributed by atoms with E-state index in [9.17, 15) is 0 Å². The van der Waals surface area contributed by atoms with Crippen molar-refractivity contribution in [3.8, 4) is 0 Å². The maximum absolute atomic E-state index is 6.22. The largest absolute Gasteiger partial charge is 0.378 e. The average molecular weight is 262 g/mol. The number of likely N-dealkylation sites (tertiary alicyclic amines) is 1. The lowest BCUT2D eigenvalue weighted by Gasteiger charge is -2.39. The third-order valence-electron chi connectivity index (χ3n) is 3.91. The Kier molecular flexibility index (Phi) is 5.37. The van der Waals surface area contributed by atoms with Crippen molar-refractivity contribution in [1.29, 1.82) is 0 Å². The molecule has 1 heterocycles. The van der Waals surface area contributed by atoms with Gasteiger partial charge in [0.05, 0.1) is 6.10 Å². The predicted octanol–water partition coefficient (Wildman–Crippen LogP) is 2.58. The molecular formula is C16H26N2O. The maximum Gasteiger partial charge on any atom is 0.0599 e. The van der Waals surface area contributed by atoms with Crippen LogP contribution in [0.25, 0.3) is 0 Å². The van der Waals surface area contributed by atoms with E-state index < -0.39 is 0 Å². The lowest BCUT2D eigenvalue weighted by Crippen LogP contribution is -2.45. The minimum atomic E-state index is 0.144. The Morgan fingerprint density at radius 1 is 1.26 bits per heavy atom. The highest BCUT2D eigenvalue weighted by Crippen LogP contribution is 2.27. The molecule has 2 unspecified atom stereocenters. The smallest absolute Gasteiger partial charge is 0.0599 e. The fourth-order valence-electron chi connectivity index (χ4n) is 3.05. The first-order chi connectivity index (χ1) is 9.22. The van der Waals surface area contributed by atoms with Crippen LogP contribution in [0.15, 0.2) is 30.3 Å². The van der Waals surface area contributed by atoms with Crippen LogP contribution < -0.4 is 5.73 Å². The van der Waals surface area contributed by atoms with Crippen molar-refractivity contribution in [1.82, 2.24) is 4.90 Å². The molecule has 2 rings (SSSR count). The van der Waals surface area contributed by atoms with Crippen LogP contribution in [0.1, 0.15) is 38.3 Å².